The van der Waals surface area contributed by atoms with Gasteiger partial charge < -0.3 is 15.1 Å². The van der Waals surface area contributed by atoms with Gasteiger partial charge in [0.15, 0.2) is 0 Å². The highest BCUT2D eigenvalue weighted by atomic mass is 19.1. The lowest BCUT2D eigenvalue weighted by molar-refractivity contribution is 0.194. The van der Waals surface area contributed by atoms with E-state index >= 15 is 0 Å². The SMILES string of the molecule is N#Cc1ccc(C2=Cc3c(ncnc3N3CCN(C(=O)NCc4ccc(F)cc4)CC3)C2)cc1. The van der Waals surface area contributed by atoms with Gasteiger partial charge >= 0.3 is 6.03 Å². The Balaban J connectivity index is 1.22. The van der Waals surface area contributed by atoms with Crippen molar-refractivity contribution in [3.63, 3.8) is 0 Å². The van der Waals surface area contributed by atoms with Gasteiger partial charge in [0.05, 0.1) is 17.3 Å². The number of benzene rings is 2. The molecular weight excluding hydrogens is 431 g/mol. The first-order valence-corrected chi connectivity index (χ1v) is 11.2. The first kappa shape index (κ1) is 21.6. The fourth-order valence-electron chi connectivity index (χ4n) is 4.33. The zero-order valence-electron chi connectivity index (χ0n) is 18.5. The summed E-state index contributed by atoms with van der Waals surface area (Å²) in [5.74, 6) is 0.598. The molecule has 3 aromatic rings. The summed E-state index contributed by atoms with van der Waals surface area (Å²) in [6.07, 6.45) is 4.46. The number of rotatable bonds is 4. The Morgan fingerprint density at radius 1 is 1.03 bits per heavy atom. The van der Waals surface area contributed by atoms with Crippen molar-refractivity contribution in [3.8, 4) is 6.07 Å². The van der Waals surface area contributed by atoms with E-state index in [1.54, 1.807) is 23.4 Å². The van der Waals surface area contributed by atoms with Crippen LogP contribution in [0.25, 0.3) is 11.6 Å². The molecule has 2 amide bonds. The fraction of sp³-hybridized carbons (Fsp3) is 0.231. The number of carbonyl (C=O) groups excluding carboxylic acids is 1. The third kappa shape index (κ3) is 4.46. The van der Waals surface area contributed by atoms with Crippen LogP contribution in [-0.2, 0) is 13.0 Å². The summed E-state index contributed by atoms with van der Waals surface area (Å²) in [5, 5.41) is 11.9. The Hall–Kier alpha value is -4.25. The number of aromatic nitrogens is 2. The lowest BCUT2D eigenvalue weighted by atomic mass is 10.0. The molecule has 2 aliphatic rings. The van der Waals surface area contributed by atoms with E-state index in [1.807, 2.05) is 24.3 Å². The number of nitriles is 1. The molecule has 8 heteroatoms. The van der Waals surface area contributed by atoms with Crippen molar-refractivity contribution in [2.45, 2.75) is 13.0 Å². The maximum Gasteiger partial charge on any atom is 0.317 e. The number of anilines is 1. The smallest absolute Gasteiger partial charge is 0.317 e. The van der Waals surface area contributed by atoms with Crippen molar-refractivity contribution in [2.24, 2.45) is 0 Å². The molecule has 0 unspecified atom stereocenters. The van der Waals surface area contributed by atoms with Crippen molar-refractivity contribution in [1.29, 1.82) is 5.26 Å². The molecule has 170 valence electrons. The van der Waals surface area contributed by atoms with E-state index in [0.29, 0.717) is 38.3 Å². The highest BCUT2D eigenvalue weighted by molar-refractivity contribution is 5.91. The molecule has 2 aromatic carbocycles. The first-order chi connectivity index (χ1) is 16.6. The van der Waals surface area contributed by atoms with Gasteiger partial charge in [0, 0.05) is 44.7 Å². The molecule has 1 aliphatic carbocycles. The number of nitrogens with one attached hydrogen (secondary N) is 1. The highest BCUT2D eigenvalue weighted by Gasteiger charge is 2.26. The Kier molecular flexibility index (Phi) is 5.91. The molecule has 5 rings (SSSR count). The predicted molar refractivity (Wildman–Crippen MR) is 127 cm³/mol. The van der Waals surface area contributed by atoms with Crippen LogP contribution >= 0.6 is 0 Å². The number of carbonyl (C=O) groups is 1. The topological polar surface area (TPSA) is 85.2 Å². The second-order valence-electron chi connectivity index (χ2n) is 8.35. The zero-order chi connectivity index (χ0) is 23.5. The molecule has 0 saturated carbocycles. The first-order valence-electron chi connectivity index (χ1n) is 11.2. The predicted octanol–water partition coefficient (Wildman–Crippen LogP) is 3.62. The normalized spacial score (nSPS) is 14.9. The molecule has 34 heavy (non-hydrogen) atoms. The number of piperazine rings is 1. The number of nitrogens with zero attached hydrogens (tertiary/aromatic N) is 5. The average molecular weight is 455 g/mol. The molecule has 1 saturated heterocycles. The summed E-state index contributed by atoms with van der Waals surface area (Å²) < 4.78 is 13.0. The number of urea groups is 1. The molecule has 7 nitrogen and oxygen atoms in total. The van der Waals surface area contributed by atoms with Crippen LogP contribution in [0.1, 0.15) is 27.9 Å². The van der Waals surface area contributed by atoms with E-state index in [4.69, 9.17) is 5.26 Å². The Labute approximate surface area is 197 Å². The molecular formula is C26H23FN6O. The van der Waals surface area contributed by atoms with Crippen molar-refractivity contribution < 1.29 is 9.18 Å². The molecule has 1 fully saturated rings. The quantitative estimate of drug-likeness (QED) is 0.651. The molecule has 2 heterocycles. The van der Waals surface area contributed by atoms with Gasteiger partial charge in [-0.1, -0.05) is 24.3 Å². The van der Waals surface area contributed by atoms with E-state index in [2.05, 4.69) is 32.3 Å². The third-order valence-electron chi connectivity index (χ3n) is 6.23. The second-order valence-corrected chi connectivity index (χ2v) is 8.35. The van der Waals surface area contributed by atoms with Gasteiger partial charge in [-0.25, -0.2) is 19.2 Å². The number of hydrogen-bond acceptors (Lipinski definition) is 5. The Morgan fingerprint density at radius 2 is 1.76 bits per heavy atom. The molecule has 1 N–H and O–H groups in total. The Morgan fingerprint density at radius 3 is 2.47 bits per heavy atom. The largest absolute Gasteiger partial charge is 0.352 e. The summed E-state index contributed by atoms with van der Waals surface area (Å²) in [6.45, 7) is 2.88. The standard InChI is InChI=1S/C26H23FN6O/c27-22-7-3-19(4-8-22)16-29-26(34)33-11-9-32(10-12-33)25-23-13-21(14-24(23)30-17-31-25)20-5-1-18(15-28)2-6-20/h1-8,13,17H,9-12,14,16H2,(H,29,34). The lowest BCUT2D eigenvalue weighted by Gasteiger charge is -2.36. The summed E-state index contributed by atoms with van der Waals surface area (Å²) in [7, 11) is 0. The van der Waals surface area contributed by atoms with Crippen LogP contribution in [0, 0.1) is 17.1 Å². The maximum atomic E-state index is 13.0. The maximum absolute atomic E-state index is 13.0. The van der Waals surface area contributed by atoms with Crippen molar-refractivity contribution in [1.82, 2.24) is 20.2 Å². The minimum Gasteiger partial charge on any atom is -0.352 e. The summed E-state index contributed by atoms with van der Waals surface area (Å²) in [5.41, 5.74) is 5.74. The monoisotopic (exact) mass is 454 g/mol. The van der Waals surface area contributed by atoms with Crippen LogP contribution in [0.4, 0.5) is 15.0 Å². The summed E-state index contributed by atoms with van der Waals surface area (Å²) >= 11 is 0. The molecule has 0 atom stereocenters. The van der Waals surface area contributed by atoms with Gasteiger partial charge in [0.1, 0.15) is 18.0 Å². The minimum absolute atomic E-state index is 0.125. The van der Waals surface area contributed by atoms with Gasteiger partial charge in [-0.3, -0.25) is 0 Å². The summed E-state index contributed by atoms with van der Waals surface area (Å²) in [6, 6.07) is 15.7. The molecule has 0 radical (unpaired) electrons. The lowest BCUT2D eigenvalue weighted by Crippen LogP contribution is -2.52. The average Bonchev–Trinajstić information content (AvgIpc) is 3.33. The fourth-order valence-corrected chi connectivity index (χ4v) is 4.33. The number of hydrogen-bond donors (Lipinski definition) is 1. The van der Waals surface area contributed by atoms with Crippen LogP contribution < -0.4 is 10.2 Å². The van der Waals surface area contributed by atoms with Crippen LogP contribution in [0.3, 0.4) is 0 Å². The van der Waals surface area contributed by atoms with Crippen LogP contribution in [0.5, 0.6) is 0 Å². The number of allylic oxidation sites excluding steroid dienone is 1. The summed E-state index contributed by atoms with van der Waals surface area (Å²) in [4.78, 5) is 25.6. The highest BCUT2D eigenvalue weighted by Crippen LogP contribution is 2.35. The van der Waals surface area contributed by atoms with E-state index in [1.165, 1.54) is 12.1 Å². The van der Waals surface area contributed by atoms with Crippen molar-refractivity contribution in [2.75, 3.05) is 31.1 Å². The number of fused-ring (bicyclic) bond motifs is 1. The molecule has 0 bridgehead atoms. The van der Waals surface area contributed by atoms with Gasteiger partial charge in [0.2, 0.25) is 0 Å². The number of amides is 2. The van der Waals surface area contributed by atoms with Crippen molar-refractivity contribution in [3.05, 3.63) is 88.6 Å². The molecule has 0 spiro atoms. The van der Waals surface area contributed by atoms with Gasteiger partial charge in [0.25, 0.3) is 0 Å². The van der Waals surface area contributed by atoms with E-state index in [0.717, 1.165) is 40.2 Å². The van der Waals surface area contributed by atoms with Gasteiger partial charge in [-0.2, -0.15) is 5.26 Å². The molecule has 1 aliphatic heterocycles. The Bertz CT molecular complexity index is 1270. The zero-order valence-corrected chi connectivity index (χ0v) is 18.5. The van der Waals surface area contributed by atoms with Gasteiger partial charge in [-0.05, 0) is 47.0 Å². The van der Waals surface area contributed by atoms with Gasteiger partial charge in [-0.15, -0.1) is 0 Å². The van der Waals surface area contributed by atoms with E-state index < -0.39 is 0 Å². The van der Waals surface area contributed by atoms with E-state index in [-0.39, 0.29) is 11.8 Å². The third-order valence-corrected chi connectivity index (χ3v) is 6.23. The minimum atomic E-state index is -0.290. The molecule has 1 aromatic heterocycles. The van der Waals surface area contributed by atoms with E-state index in [9.17, 15) is 9.18 Å². The number of halogens is 1. The van der Waals surface area contributed by atoms with Crippen LogP contribution in [0.2, 0.25) is 0 Å². The second kappa shape index (κ2) is 9.32. The van der Waals surface area contributed by atoms with Crippen molar-refractivity contribution >= 4 is 23.5 Å². The van der Waals surface area contributed by atoms with Crippen LogP contribution in [0.15, 0.2) is 54.9 Å². The van der Waals surface area contributed by atoms with Crippen LogP contribution in [-0.4, -0.2) is 47.1 Å².